The number of aromatic nitrogens is 2. The average molecular weight is 416 g/mol. The number of fused-ring (bicyclic) bond motifs is 1. The van der Waals surface area contributed by atoms with Gasteiger partial charge in [-0.15, -0.1) is 0 Å². The van der Waals surface area contributed by atoms with Crippen molar-refractivity contribution in [3.8, 4) is 0 Å². The lowest BCUT2D eigenvalue weighted by molar-refractivity contribution is -0.117. The number of hydrogen-bond donors (Lipinski definition) is 0. The molecule has 0 aliphatic carbocycles. The Morgan fingerprint density at radius 2 is 1.73 bits per heavy atom. The van der Waals surface area contributed by atoms with E-state index in [2.05, 4.69) is 41.8 Å². The van der Waals surface area contributed by atoms with Crippen LogP contribution in [0.5, 0.6) is 0 Å². The molecule has 1 amide bonds. The second kappa shape index (κ2) is 7.62. The Morgan fingerprint density at radius 1 is 1.00 bits per heavy atom. The van der Waals surface area contributed by atoms with Gasteiger partial charge in [-0.2, -0.15) is 0 Å². The molecule has 0 N–H and O–H groups in total. The van der Waals surface area contributed by atoms with Crippen molar-refractivity contribution in [2.75, 3.05) is 11.4 Å². The van der Waals surface area contributed by atoms with Gasteiger partial charge >= 0.3 is 0 Å². The Bertz CT molecular complexity index is 1210. The first-order valence-electron chi connectivity index (χ1n) is 10.1. The lowest BCUT2D eigenvalue weighted by Crippen LogP contribution is -2.24. The topological polar surface area (TPSA) is 38.1 Å². The van der Waals surface area contributed by atoms with Crippen LogP contribution in [0.25, 0.3) is 11.0 Å². The molecule has 0 bridgehead atoms. The van der Waals surface area contributed by atoms with Gasteiger partial charge in [0.15, 0.2) is 0 Å². The summed E-state index contributed by atoms with van der Waals surface area (Å²) in [6.45, 7) is 3.46. The van der Waals surface area contributed by atoms with Crippen molar-refractivity contribution in [1.82, 2.24) is 9.55 Å². The number of carbonyl (C=O) groups excluding carboxylic acids is 1. The molecule has 1 saturated heterocycles. The highest BCUT2D eigenvalue weighted by molar-refractivity contribution is 6.30. The Labute approximate surface area is 180 Å². The molecule has 1 aromatic heterocycles. The molecule has 1 atom stereocenters. The molecule has 1 aliphatic rings. The number of halogens is 1. The van der Waals surface area contributed by atoms with Gasteiger partial charge in [-0.05, 0) is 48.9 Å². The van der Waals surface area contributed by atoms with E-state index in [1.54, 1.807) is 0 Å². The maximum absolute atomic E-state index is 12.8. The number of nitrogens with zero attached hydrogens (tertiary/aromatic N) is 3. The van der Waals surface area contributed by atoms with Crippen LogP contribution in [0, 0.1) is 6.92 Å². The molecule has 30 heavy (non-hydrogen) atoms. The molecule has 1 fully saturated rings. The molecule has 0 unspecified atom stereocenters. The molecule has 0 radical (unpaired) electrons. The zero-order valence-electron chi connectivity index (χ0n) is 16.8. The molecular weight excluding hydrogens is 394 g/mol. The summed E-state index contributed by atoms with van der Waals surface area (Å²) >= 11 is 6.02. The van der Waals surface area contributed by atoms with Crippen molar-refractivity contribution in [3.63, 3.8) is 0 Å². The summed E-state index contributed by atoms with van der Waals surface area (Å²) in [4.78, 5) is 19.6. The number of anilines is 1. The number of benzene rings is 3. The lowest BCUT2D eigenvalue weighted by atomic mass is 10.1. The highest BCUT2D eigenvalue weighted by Gasteiger charge is 2.34. The van der Waals surface area contributed by atoms with Gasteiger partial charge in [0.1, 0.15) is 5.82 Å². The van der Waals surface area contributed by atoms with Crippen molar-refractivity contribution in [2.45, 2.75) is 25.8 Å². The van der Waals surface area contributed by atoms with E-state index in [9.17, 15) is 4.79 Å². The summed E-state index contributed by atoms with van der Waals surface area (Å²) in [6.07, 6.45) is 0.458. The van der Waals surface area contributed by atoms with Crippen molar-refractivity contribution >= 4 is 34.2 Å². The van der Waals surface area contributed by atoms with Gasteiger partial charge in [-0.3, -0.25) is 4.79 Å². The zero-order chi connectivity index (χ0) is 20.7. The first-order chi connectivity index (χ1) is 14.6. The Morgan fingerprint density at radius 3 is 2.50 bits per heavy atom. The van der Waals surface area contributed by atoms with E-state index in [1.165, 1.54) is 11.1 Å². The monoisotopic (exact) mass is 415 g/mol. The molecule has 5 rings (SSSR count). The highest BCUT2D eigenvalue weighted by atomic mass is 35.5. The van der Waals surface area contributed by atoms with E-state index in [0.717, 1.165) is 29.1 Å². The van der Waals surface area contributed by atoms with E-state index < -0.39 is 0 Å². The molecule has 0 saturated carbocycles. The standard InChI is InChI=1S/C25H22ClN3O/c1-17-6-8-18(9-7-17)15-29-23-5-3-2-4-22(23)27-25(29)19-14-24(30)28(16-19)21-12-10-20(26)11-13-21/h2-13,19H,14-16H2,1H3/t19-/m0/s1. The molecule has 4 aromatic rings. The zero-order valence-corrected chi connectivity index (χ0v) is 17.5. The number of rotatable bonds is 4. The fourth-order valence-corrected chi connectivity index (χ4v) is 4.33. The summed E-state index contributed by atoms with van der Waals surface area (Å²) in [5, 5.41) is 0.668. The predicted molar refractivity (Wildman–Crippen MR) is 121 cm³/mol. The second-order valence-corrected chi connectivity index (χ2v) is 8.35. The SMILES string of the molecule is Cc1ccc(Cn2c([C@H]3CC(=O)N(c4ccc(Cl)cc4)C3)nc3ccccc32)cc1. The minimum absolute atomic E-state index is 0.0472. The smallest absolute Gasteiger partial charge is 0.227 e. The molecule has 4 nitrogen and oxygen atoms in total. The number of aryl methyl sites for hydroxylation is 1. The number of para-hydroxylation sites is 2. The molecule has 0 spiro atoms. The summed E-state index contributed by atoms with van der Waals surface area (Å²) in [6, 6.07) is 24.2. The van der Waals surface area contributed by atoms with Gasteiger partial charge in [-0.25, -0.2) is 4.98 Å². The number of hydrogen-bond acceptors (Lipinski definition) is 2. The third-order valence-corrected chi connectivity index (χ3v) is 6.03. The third-order valence-electron chi connectivity index (χ3n) is 5.77. The number of carbonyl (C=O) groups is 1. The summed E-state index contributed by atoms with van der Waals surface area (Å²) in [5.41, 5.74) is 5.42. The normalized spacial score (nSPS) is 16.5. The van der Waals surface area contributed by atoms with Crippen molar-refractivity contribution in [2.24, 2.45) is 0 Å². The van der Waals surface area contributed by atoms with Gasteiger partial charge in [0.2, 0.25) is 5.91 Å². The lowest BCUT2D eigenvalue weighted by Gasteiger charge is -2.17. The summed E-state index contributed by atoms with van der Waals surface area (Å²) in [5.74, 6) is 1.14. The third kappa shape index (κ3) is 3.48. The van der Waals surface area contributed by atoms with Crippen molar-refractivity contribution in [1.29, 1.82) is 0 Å². The minimum Gasteiger partial charge on any atom is -0.323 e. The van der Waals surface area contributed by atoms with Crippen LogP contribution in [-0.2, 0) is 11.3 Å². The fraction of sp³-hybridized carbons (Fsp3) is 0.200. The molecule has 3 aromatic carbocycles. The van der Waals surface area contributed by atoms with Gasteiger partial charge in [0.05, 0.1) is 11.0 Å². The highest BCUT2D eigenvalue weighted by Crippen LogP contribution is 2.34. The van der Waals surface area contributed by atoms with E-state index in [1.807, 2.05) is 47.4 Å². The number of imidazole rings is 1. The molecule has 150 valence electrons. The van der Waals surface area contributed by atoms with Crippen LogP contribution in [-0.4, -0.2) is 22.0 Å². The largest absolute Gasteiger partial charge is 0.323 e. The Kier molecular flexibility index (Phi) is 4.80. The van der Waals surface area contributed by atoms with Crippen molar-refractivity contribution in [3.05, 3.63) is 94.8 Å². The van der Waals surface area contributed by atoms with Gasteiger partial charge < -0.3 is 9.47 Å². The molecule has 1 aliphatic heterocycles. The summed E-state index contributed by atoms with van der Waals surface area (Å²) < 4.78 is 2.27. The molecular formula is C25H22ClN3O. The van der Waals surface area contributed by atoms with E-state index in [-0.39, 0.29) is 11.8 Å². The van der Waals surface area contributed by atoms with E-state index >= 15 is 0 Å². The maximum atomic E-state index is 12.8. The van der Waals surface area contributed by atoms with Crippen LogP contribution in [0.15, 0.2) is 72.8 Å². The first kappa shape index (κ1) is 18.9. The molecule has 5 heteroatoms. The summed E-state index contributed by atoms with van der Waals surface area (Å²) in [7, 11) is 0. The van der Waals surface area contributed by atoms with Crippen molar-refractivity contribution < 1.29 is 4.79 Å². The Hall–Kier alpha value is -3.11. The predicted octanol–water partition coefficient (Wildman–Crippen LogP) is 5.57. The average Bonchev–Trinajstić information content (AvgIpc) is 3.31. The van der Waals surface area contributed by atoms with Crippen LogP contribution in [0.1, 0.15) is 29.3 Å². The van der Waals surface area contributed by atoms with E-state index in [4.69, 9.17) is 16.6 Å². The van der Waals surface area contributed by atoms with Crippen LogP contribution >= 0.6 is 11.6 Å². The van der Waals surface area contributed by atoms with Crippen LogP contribution in [0.3, 0.4) is 0 Å². The maximum Gasteiger partial charge on any atom is 0.227 e. The molecule has 2 heterocycles. The quantitative estimate of drug-likeness (QED) is 0.437. The second-order valence-electron chi connectivity index (χ2n) is 7.91. The van der Waals surface area contributed by atoms with E-state index in [0.29, 0.717) is 18.0 Å². The van der Waals surface area contributed by atoms with Crippen LogP contribution in [0.2, 0.25) is 5.02 Å². The van der Waals surface area contributed by atoms with Gasteiger partial charge in [-0.1, -0.05) is 53.6 Å². The minimum atomic E-state index is 0.0472. The fourth-order valence-electron chi connectivity index (χ4n) is 4.20. The number of amides is 1. The first-order valence-corrected chi connectivity index (χ1v) is 10.5. The van der Waals surface area contributed by atoms with Crippen LogP contribution in [0.4, 0.5) is 5.69 Å². The van der Waals surface area contributed by atoms with Gasteiger partial charge in [0.25, 0.3) is 0 Å². The Balaban J connectivity index is 1.51. The van der Waals surface area contributed by atoms with Gasteiger partial charge in [0, 0.05) is 36.1 Å². The van der Waals surface area contributed by atoms with Crippen LogP contribution < -0.4 is 4.90 Å².